The number of imidazole rings is 1. The summed E-state index contributed by atoms with van der Waals surface area (Å²) in [7, 11) is -16.3. The quantitative estimate of drug-likeness (QED) is 0.102. The van der Waals surface area contributed by atoms with Crippen LogP contribution < -0.4 is 5.73 Å². The minimum Gasteiger partial charge on any atom is -0.394 e. The van der Waals surface area contributed by atoms with E-state index >= 15 is 0 Å². The average molecular weight is 669 g/mol. The van der Waals surface area contributed by atoms with Gasteiger partial charge in [0.1, 0.15) is 54.6 Å². The van der Waals surface area contributed by atoms with Crippen LogP contribution in [0.25, 0.3) is 11.2 Å². The van der Waals surface area contributed by atoms with Gasteiger partial charge in [-0.15, -0.1) is 0 Å². The Hall–Kier alpha value is -1.56. The zero-order valence-electron chi connectivity index (χ0n) is 20.7. The summed E-state index contributed by atoms with van der Waals surface area (Å²) >= 11 is 0. The van der Waals surface area contributed by atoms with Crippen LogP contribution in [0.3, 0.4) is 0 Å². The molecule has 11 N–H and O–H groups in total. The zero-order valence-corrected chi connectivity index (χ0v) is 23.4. The molecule has 26 heteroatoms. The highest BCUT2D eigenvalue weighted by Gasteiger charge is 2.56. The zero-order chi connectivity index (χ0) is 31.2. The first-order chi connectivity index (χ1) is 19.4. The van der Waals surface area contributed by atoms with Crippen LogP contribution in [-0.4, -0.2) is 126 Å². The van der Waals surface area contributed by atoms with E-state index in [0.29, 0.717) is 0 Å². The van der Waals surface area contributed by atoms with Crippen LogP contribution in [0, 0.1) is 0 Å². The van der Waals surface area contributed by atoms with Gasteiger partial charge in [-0.2, -0.15) is 0 Å². The molecule has 2 aromatic rings. The molecule has 4 rings (SSSR count). The summed E-state index contributed by atoms with van der Waals surface area (Å²) in [6.07, 6.45) is -15.4. The largest absolute Gasteiger partial charge is 0.470 e. The van der Waals surface area contributed by atoms with Crippen molar-refractivity contribution in [2.45, 2.75) is 55.2 Å². The van der Waals surface area contributed by atoms with Gasteiger partial charge >= 0.3 is 23.5 Å². The molecule has 23 nitrogen and oxygen atoms in total. The van der Waals surface area contributed by atoms with E-state index in [1.54, 1.807) is 0 Å². The molecule has 2 aliphatic rings. The van der Waals surface area contributed by atoms with E-state index in [0.717, 1.165) is 17.2 Å². The molecule has 0 amide bonds. The molecule has 2 aromatic heterocycles. The normalized spacial score (nSPS) is 32.9. The number of aromatic nitrogens is 4. The second kappa shape index (κ2) is 12.4. The van der Waals surface area contributed by atoms with E-state index < -0.39 is 91.9 Å². The number of hydrogen-bond acceptors (Lipinski definition) is 16. The predicted octanol–water partition coefficient (Wildman–Crippen LogP) is -3.80. The number of nitrogens with zero attached hydrogens (tertiary/aromatic N) is 4. The van der Waals surface area contributed by atoms with Crippen LogP contribution in [0.1, 0.15) is 6.23 Å². The number of nitrogen functional groups attached to an aromatic ring is 1. The monoisotopic (exact) mass is 669 g/mol. The molecular weight excluding hydrogens is 643 g/mol. The molecule has 2 fully saturated rings. The summed E-state index contributed by atoms with van der Waals surface area (Å²) in [5.74, 6) is -0.0624. The standard InChI is InChI=1S/C16H26N5O18P3/c17-13-7-14(19-3-18-13)21(4-20-7)15-12(39-42(31,32)33)9(5(1-22)34-15)36-16-8(24)11(38-41(28,29)30)10(6(2-23)35-16)37-40(25,26)27/h3-6,8-12,15-16,22-24H,1-2H2,(H2,17,18,19)(H2,25,26,27)(H2,28,29,30)(H2,31,32,33)/t5-,6-,8-,9-,10-,11-,12-,15-,16-/m1/s1. The number of fused-ring (bicyclic) bond motifs is 1. The molecule has 0 radical (unpaired) electrons. The molecule has 0 aliphatic carbocycles. The second-order valence-electron chi connectivity index (χ2n) is 8.83. The molecule has 4 heterocycles. The molecule has 9 atom stereocenters. The summed E-state index contributed by atoms with van der Waals surface area (Å²) in [6.45, 7) is -2.03. The van der Waals surface area contributed by atoms with Crippen molar-refractivity contribution >= 4 is 40.4 Å². The Bertz CT molecular complexity index is 1400. The Balaban J connectivity index is 1.71. The number of hydrogen-bond donors (Lipinski definition) is 10. The number of anilines is 1. The second-order valence-corrected chi connectivity index (χ2v) is 12.4. The van der Waals surface area contributed by atoms with Gasteiger partial charge in [0.05, 0.1) is 19.5 Å². The van der Waals surface area contributed by atoms with Crippen molar-refractivity contribution in [3.05, 3.63) is 12.7 Å². The van der Waals surface area contributed by atoms with Crippen LogP contribution in [-0.2, 0) is 41.5 Å². The van der Waals surface area contributed by atoms with Gasteiger partial charge in [-0.1, -0.05) is 0 Å². The van der Waals surface area contributed by atoms with Crippen LogP contribution in [0.2, 0.25) is 0 Å². The summed E-state index contributed by atoms with van der Waals surface area (Å²) < 4.78 is 66.6. The van der Waals surface area contributed by atoms with Crippen molar-refractivity contribution in [3.63, 3.8) is 0 Å². The number of phosphoric acid groups is 3. The molecule has 0 aromatic carbocycles. The predicted molar refractivity (Wildman–Crippen MR) is 128 cm³/mol. The van der Waals surface area contributed by atoms with Gasteiger partial charge in [0.2, 0.25) is 0 Å². The van der Waals surface area contributed by atoms with Gasteiger partial charge in [-0.3, -0.25) is 18.1 Å². The maximum atomic E-state index is 11.9. The summed E-state index contributed by atoms with van der Waals surface area (Å²) in [5.41, 5.74) is 5.84. The Kier molecular flexibility index (Phi) is 9.88. The first kappa shape index (κ1) is 33.3. The molecule has 0 spiro atoms. The average Bonchev–Trinajstić information content (AvgIpc) is 3.42. The first-order valence-electron chi connectivity index (χ1n) is 11.4. The Morgan fingerprint density at radius 1 is 0.810 bits per heavy atom. The maximum Gasteiger partial charge on any atom is 0.470 e. The SMILES string of the molecule is Nc1ncnc2c1ncn2[C@@H]1O[C@H](CO)[C@@H](O[C@H]2O[C@H](CO)[C@@H](OP(=O)(O)O)[C@H](OP(=O)(O)O)[C@H]2O)[C@H]1OP(=O)(O)O. The van der Waals surface area contributed by atoms with Crippen molar-refractivity contribution in [1.82, 2.24) is 19.5 Å². The van der Waals surface area contributed by atoms with Crippen LogP contribution in [0.5, 0.6) is 0 Å². The summed E-state index contributed by atoms with van der Waals surface area (Å²) in [4.78, 5) is 68.1. The van der Waals surface area contributed by atoms with Crippen LogP contribution in [0.4, 0.5) is 5.82 Å². The first-order valence-corrected chi connectivity index (χ1v) is 16.0. The molecule has 0 unspecified atom stereocenters. The van der Waals surface area contributed by atoms with Crippen LogP contribution in [0.15, 0.2) is 12.7 Å². The number of ether oxygens (including phenoxy) is 3. The highest BCUT2D eigenvalue weighted by Crippen LogP contribution is 2.49. The van der Waals surface area contributed by atoms with Gasteiger partial charge in [0.15, 0.2) is 24.0 Å². The number of rotatable bonds is 11. The molecular formula is C16H26N5O18P3. The van der Waals surface area contributed by atoms with E-state index in [4.69, 9.17) is 24.5 Å². The fraction of sp³-hybridized carbons (Fsp3) is 0.688. The summed E-state index contributed by atoms with van der Waals surface area (Å²) in [6, 6.07) is 0. The third kappa shape index (κ3) is 7.56. The third-order valence-electron chi connectivity index (χ3n) is 5.99. The van der Waals surface area contributed by atoms with Crippen molar-refractivity contribution in [3.8, 4) is 0 Å². The Morgan fingerprint density at radius 2 is 1.36 bits per heavy atom. The number of aliphatic hydroxyl groups is 3. The lowest BCUT2D eigenvalue weighted by atomic mass is 9.99. The Morgan fingerprint density at radius 3 is 1.93 bits per heavy atom. The minimum atomic E-state index is -5.51. The van der Waals surface area contributed by atoms with Gasteiger partial charge in [0, 0.05) is 0 Å². The van der Waals surface area contributed by atoms with Crippen molar-refractivity contribution in [2.75, 3.05) is 18.9 Å². The lowest BCUT2D eigenvalue weighted by Gasteiger charge is -2.44. The smallest absolute Gasteiger partial charge is 0.394 e. The van der Waals surface area contributed by atoms with Gasteiger partial charge in [-0.25, -0.2) is 28.6 Å². The van der Waals surface area contributed by atoms with E-state index in [2.05, 4.69) is 24.0 Å². The van der Waals surface area contributed by atoms with E-state index in [1.165, 1.54) is 0 Å². The van der Waals surface area contributed by atoms with E-state index in [1.807, 2.05) is 0 Å². The topological polar surface area (TPSA) is 358 Å². The lowest BCUT2D eigenvalue weighted by Crippen LogP contribution is -2.61. The molecule has 2 aliphatic heterocycles. The highest BCUT2D eigenvalue weighted by atomic mass is 31.2. The number of aliphatic hydroxyl groups excluding tert-OH is 3. The van der Waals surface area contributed by atoms with Crippen molar-refractivity contribution in [1.29, 1.82) is 0 Å². The molecule has 0 bridgehead atoms. The molecule has 0 saturated carbocycles. The third-order valence-corrected chi connectivity index (χ3v) is 7.54. The van der Waals surface area contributed by atoms with Crippen molar-refractivity contribution < 1.29 is 86.2 Å². The van der Waals surface area contributed by atoms with Crippen LogP contribution >= 0.6 is 23.5 Å². The van der Waals surface area contributed by atoms with E-state index in [9.17, 15) is 58.4 Å². The Labute approximate surface area is 233 Å². The number of phosphoric ester groups is 3. The number of nitrogens with two attached hydrogens (primary N) is 1. The van der Waals surface area contributed by atoms with E-state index in [-0.39, 0.29) is 17.0 Å². The highest BCUT2D eigenvalue weighted by molar-refractivity contribution is 7.46. The minimum absolute atomic E-state index is 0.00554. The van der Waals surface area contributed by atoms with Crippen molar-refractivity contribution in [2.24, 2.45) is 0 Å². The molecule has 238 valence electrons. The molecule has 2 saturated heterocycles. The van der Waals surface area contributed by atoms with Gasteiger partial charge in [0.25, 0.3) is 0 Å². The fourth-order valence-corrected chi connectivity index (χ4v) is 6.12. The lowest BCUT2D eigenvalue weighted by molar-refractivity contribution is -0.313. The van der Waals surface area contributed by atoms with Gasteiger partial charge in [-0.05, 0) is 0 Å². The fourth-order valence-electron chi connectivity index (χ4n) is 4.44. The summed E-state index contributed by atoms with van der Waals surface area (Å²) in [5, 5.41) is 30.6. The van der Waals surface area contributed by atoms with Gasteiger partial charge < -0.3 is 64.6 Å². The molecule has 42 heavy (non-hydrogen) atoms. The maximum absolute atomic E-state index is 11.9.